The minimum absolute atomic E-state index is 0.0955. The second-order valence-corrected chi connectivity index (χ2v) is 8.69. The van der Waals surface area contributed by atoms with Gasteiger partial charge >= 0.3 is 0 Å². The molecule has 1 aromatic rings. The first-order chi connectivity index (χ1) is 13.1. The SMILES string of the molecule is C=CCn1nc(C(=O)N2CCSCC2)c2c1CC[C@@H](NCCOC(C)C)C2. The molecule has 1 saturated heterocycles. The van der Waals surface area contributed by atoms with Crippen LogP contribution in [0, 0.1) is 0 Å². The van der Waals surface area contributed by atoms with Gasteiger partial charge in [-0.2, -0.15) is 16.9 Å². The molecule has 7 heteroatoms. The van der Waals surface area contributed by atoms with Gasteiger partial charge in [-0.25, -0.2) is 0 Å². The fourth-order valence-corrected chi connectivity index (χ4v) is 4.68. The van der Waals surface area contributed by atoms with Crippen LogP contribution in [0.4, 0.5) is 0 Å². The van der Waals surface area contributed by atoms with Crippen molar-refractivity contribution in [2.75, 3.05) is 37.7 Å². The van der Waals surface area contributed by atoms with Crippen LogP contribution in [0.3, 0.4) is 0 Å². The van der Waals surface area contributed by atoms with E-state index >= 15 is 0 Å². The molecule has 27 heavy (non-hydrogen) atoms. The maximum absolute atomic E-state index is 13.1. The van der Waals surface area contributed by atoms with Gasteiger partial charge in [0, 0.05) is 48.4 Å². The molecule has 0 spiro atoms. The molecule has 1 aliphatic carbocycles. The van der Waals surface area contributed by atoms with Gasteiger partial charge in [0.1, 0.15) is 0 Å². The second-order valence-electron chi connectivity index (χ2n) is 7.46. The molecular weight excluding hydrogens is 360 g/mol. The van der Waals surface area contributed by atoms with Gasteiger partial charge in [0.2, 0.25) is 0 Å². The Morgan fingerprint density at radius 2 is 2.22 bits per heavy atom. The number of allylic oxidation sites excluding steroid dienone is 1. The molecule has 6 nitrogen and oxygen atoms in total. The number of carbonyl (C=O) groups is 1. The van der Waals surface area contributed by atoms with Crippen LogP contribution in [0.5, 0.6) is 0 Å². The molecule has 0 unspecified atom stereocenters. The molecule has 1 atom stereocenters. The van der Waals surface area contributed by atoms with Gasteiger partial charge in [-0.15, -0.1) is 6.58 Å². The van der Waals surface area contributed by atoms with Gasteiger partial charge < -0.3 is 15.0 Å². The molecule has 1 amide bonds. The average Bonchev–Trinajstić information content (AvgIpc) is 3.03. The Kier molecular flexibility index (Phi) is 7.38. The lowest BCUT2D eigenvalue weighted by Gasteiger charge is -2.27. The van der Waals surface area contributed by atoms with Crippen LogP contribution < -0.4 is 5.32 Å². The van der Waals surface area contributed by atoms with E-state index in [9.17, 15) is 4.79 Å². The summed E-state index contributed by atoms with van der Waals surface area (Å²) >= 11 is 1.91. The summed E-state index contributed by atoms with van der Waals surface area (Å²) in [5.74, 6) is 2.13. The predicted molar refractivity (Wildman–Crippen MR) is 111 cm³/mol. The third-order valence-electron chi connectivity index (χ3n) is 5.14. The molecule has 2 heterocycles. The van der Waals surface area contributed by atoms with Gasteiger partial charge in [0.15, 0.2) is 5.69 Å². The summed E-state index contributed by atoms with van der Waals surface area (Å²) < 4.78 is 7.61. The van der Waals surface area contributed by atoms with E-state index in [1.807, 2.05) is 27.4 Å². The first kappa shape index (κ1) is 20.4. The minimum atomic E-state index is 0.0955. The number of fused-ring (bicyclic) bond motifs is 1. The van der Waals surface area contributed by atoms with Crippen molar-refractivity contribution in [3.63, 3.8) is 0 Å². The van der Waals surface area contributed by atoms with Crippen LogP contribution >= 0.6 is 11.8 Å². The van der Waals surface area contributed by atoms with Gasteiger partial charge in [-0.05, 0) is 33.1 Å². The van der Waals surface area contributed by atoms with Crippen molar-refractivity contribution < 1.29 is 9.53 Å². The number of aromatic nitrogens is 2. The van der Waals surface area contributed by atoms with Crippen molar-refractivity contribution in [1.82, 2.24) is 20.0 Å². The van der Waals surface area contributed by atoms with Crippen LogP contribution in [-0.2, 0) is 24.1 Å². The fourth-order valence-electron chi connectivity index (χ4n) is 3.78. The zero-order valence-corrected chi connectivity index (χ0v) is 17.4. The van der Waals surface area contributed by atoms with E-state index in [0.29, 0.717) is 24.9 Å². The maximum Gasteiger partial charge on any atom is 0.274 e. The van der Waals surface area contributed by atoms with E-state index < -0.39 is 0 Å². The first-order valence-corrected chi connectivity index (χ1v) is 11.2. The number of rotatable bonds is 8. The topological polar surface area (TPSA) is 59.4 Å². The Bertz CT molecular complexity index is 653. The maximum atomic E-state index is 13.1. The van der Waals surface area contributed by atoms with Crippen molar-refractivity contribution >= 4 is 17.7 Å². The number of hydrogen-bond donors (Lipinski definition) is 1. The molecule has 2 aliphatic rings. The Balaban J connectivity index is 1.72. The van der Waals surface area contributed by atoms with Crippen molar-refractivity contribution in [1.29, 1.82) is 0 Å². The number of nitrogens with one attached hydrogen (secondary N) is 1. The summed E-state index contributed by atoms with van der Waals surface area (Å²) in [5.41, 5.74) is 3.00. The molecule has 0 bridgehead atoms. The van der Waals surface area contributed by atoms with Crippen molar-refractivity contribution in [3.05, 3.63) is 29.6 Å². The van der Waals surface area contributed by atoms with Crippen LogP contribution in [0.2, 0.25) is 0 Å². The molecule has 1 aromatic heterocycles. The number of hydrogen-bond acceptors (Lipinski definition) is 5. The van der Waals surface area contributed by atoms with Gasteiger partial charge in [0.25, 0.3) is 5.91 Å². The van der Waals surface area contributed by atoms with Gasteiger partial charge in [-0.3, -0.25) is 9.48 Å². The molecular formula is C20H32N4O2S. The molecule has 0 radical (unpaired) electrons. The monoisotopic (exact) mass is 392 g/mol. The molecule has 3 rings (SSSR count). The lowest BCUT2D eigenvalue weighted by atomic mass is 9.91. The van der Waals surface area contributed by atoms with Crippen LogP contribution in [0.15, 0.2) is 12.7 Å². The fraction of sp³-hybridized carbons (Fsp3) is 0.700. The summed E-state index contributed by atoms with van der Waals surface area (Å²) in [6.07, 6.45) is 4.98. The van der Waals surface area contributed by atoms with E-state index in [1.165, 1.54) is 5.69 Å². The van der Waals surface area contributed by atoms with E-state index in [4.69, 9.17) is 9.84 Å². The molecule has 1 fully saturated rings. The van der Waals surface area contributed by atoms with Crippen LogP contribution in [0.1, 0.15) is 42.0 Å². The van der Waals surface area contributed by atoms with Gasteiger partial charge in [-0.1, -0.05) is 6.08 Å². The Morgan fingerprint density at radius 1 is 1.44 bits per heavy atom. The predicted octanol–water partition coefficient (Wildman–Crippen LogP) is 2.13. The molecule has 1 N–H and O–H groups in total. The quantitative estimate of drug-likeness (QED) is 0.543. The largest absolute Gasteiger partial charge is 0.377 e. The minimum Gasteiger partial charge on any atom is -0.377 e. The second kappa shape index (κ2) is 9.75. The number of ether oxygens (including phenoxy) is 1. The van der Waals surface area contributed by atoms with E-state index in [-0.39, 0.29) is 12.0 Å². The highest BCUT2D eigenvalue weighted by Gasteiger charge is 2.31. The molecule has 0 saturated carbocycles. The lowest BCUT2D eigenvalue weighted by molar-refractivity contribution is 0.0761. The van der Waals surface area contributed by atoms with E-state index in [2.05, 4.69) is 25.7 Å². The lowest BCUT2D eigenvalue weighted by Crippen LogP contribution is -2.40. The van der Waals surface area contributed by atoms with Gasteiger partial charge in [0.05, 0.1) is 19.3 Å². The summed E-state index contributed by atoms with van der Waals surface area (Å²) in [5, 5.41) is 8.30. The third kappa shape index (κ3) is 5.15. The normalized spacial score (nSPS) is 20.0. The summed E-state index contributed by atoms with van der Waals surface area (Å²) in [6, 6.07) is 0.373. The average molecular weight is 393 g/mol. The number of carbonyl (C=O) groups excluding carboxylic acids is 1. The number of amides is 1. The van der Waals surface area contributed by atoms with Crippen LogP contribution in [-0.4, -0.2) is 70.5 Å². The Labute approximate surface area is 166 Å². The third-order valence-corrected chi connectivity index (χ3v) is 6.08. The summed E-state index contributed by atoms with van der Waals surface area (Å²) in [6.45, 7) is 11.8. The number of nitrogens with zero attached hydrogens (tertiary/aromatic N) is 3. The highest BCUT2D eigenvalue weighted by molar-refractivity contribution is 7.99. The Morgan fingerprint density at radius 3 is 2.93 bits per heavy atom. The number of thioether (sulfide) groups is 1. The highest BCUT2D eigenvalue weighted by Crippen LogP contribution is 2.26. The first-order valence-electron chi connectivity index (χ1n) is 10.0. The molecule has 150 valence electrons. The summed E-state index contributed by atoms with van der Waals surface area (Å²) in [7, 11) is 0. The molecule has 0 aromatic carbocycles. The zero-order chi connectivity index (χ0) is 19.2. The van der Waals surface area contributed by atoms with Crippen molar-refractivity contribution in [3.8, 4) is 0 Å². The Hall–Kier alpha value is -1.31. The van der Waals surface area contributed by atoms with Crippen LogP contribution in [0.25, 0.3) is 0 Å². The van der Waals surface area contributed by atoms with Crippen molar-refractivity contribution in [2.45, 2.75) is 51.8 Å². The molecule has 1 aliphatic heterocycles. The zero-order valence-electron chi connectivity index (χ0n) is 16.6. The standard InChI is InChI=1S/C20H32N4O2S/c1-4-8-24-18-6-5-16(21-7-11-26-15(2)3)14-17(18)19(22-24)20(25)23-9-12-27-13-10-23/h4,15-16,21H,1,5-14H2,2-3H3/t16-/m1/s1. The van der Waals surface area contributed by atoms with E-state index in [0.717, 1.165) is 56.0 Å². The van der Waals surface area contributed by atoms with Crippen molar-refractivity contribution in [2.24, 2.45) is 0 Å². The highest BCUT2D eigenvalue weighted by atomic mass is 32.2. The smallest absolute Gasteiger partial charge is 0.274 e. The van der Waals surface area contributed by atoms with E-state index in [1.54, 1.807) is 0 Å². The summed E-state index contributed by atoms with van der Waals surface area (Å²) in [4.78, 5) is 15.1.